The third-order valence-electron chi connectivity index (χ3n) is 5.31. The minimum absolute atomic E-state index is 0.166. The van der Waals surface area contributed by atoms with Gasteiger partial charge >= 0.3 is 0 Å². The van der Waals surface area contributed by atoms with Crippen molar-refractivity contribution in [2.45, 2.75) is 25.7 Å². The monoisotopic (exact) mass is 366 g/mol. The summed E-state index contributed by atoms with van der Waals surface area (Å²) in [4.78, 5) is 39.2. The Balaban J connectivity index is 1.57. The molecule has 5 nitrogen and oxygen atoms in total. The van der Waals surface area contributed by atoms with E-state index >= 15 is 0 Å². The van der Waals surface area contributed by atoms with Crippen LogP contribution in [0.15, 0.2) is 48.5 Å². The van der Waals surface area contributed by atoms with Gasteiger partial charge in [0.15, 0.2) is 0 Å². The number of hydrogen-bond acceptors (Lipinski definition) is 3. The van der Waals surface area contributed by atoms with Crippen LogP contribution in [0, 0.1) is 17.7 Å². The molecule has 2 fully saturated rings. The van der Waals surface area contributed by atoms with Gasteiger partial charge in [-0.1, -0.05) is 18.9 Å². The quantitative estimate of drug-likeness (QED) is 0.841. The maximum atomic E-state index is 13.0. The Morgan fingerprint density at radius 1 is 0.963 bits per heavy atom. The maximum absolute atomic E-state index is 13.0. The fourth-order valence-electron chi connectivity index (χ4n) is 3.94. The Kier molecular flexibility index (Phi) is 4.48. The van der Waals surface area contributed by atoms with Crippen molar-refractivity contribution in [2.24, 2.45) is 11.8 Å². The van der Waals surface area contributed by atoms with Gasteiger partial charge in [-0.25, -0.2) is 4.39 Å². The van der Waals surface area contributed by atoms with Gasteiger partial charge in [-0.15, -0.1) is 0 Å². The molecule has 2 aromatic rings. The molecule has 1 aliphatic carbocycles. The zero-order valence-electron chi connectivity index (χ0n) is 14.7. The summed E-state index contributed by atoms with van der Waals surface area (Å²) in [7, 11) is 0. The standard InChI is InChI=1S/C21H19FN2O3/c22-14-8-10-15(11-9-14)23-19(25)13-4-3-5-16(12-13)24-20(26)17-6-1-2-7-18(17)21(24)27/h3-5,8-12,17-18H,1-2,6-7H2,(H,23,25)/t17-,18+. The van der Waals surface area contributed by atoms with Crippen LogP contribution >= 0.6 is 0 Å². The minimum atomic E-state index is -0.389. The van der Waals surface area contributed by atoms with Crippen molar-refractivity contribution in [3.8, 4) is 0 Å². The molecule has 1 aliphatic heterocycles. The highest BCUT2D eigenvalue weighted by Crippen LogP contribution is 2.40. The van der Waals surface area contributed by atoms with Gasteiger partial charge in [0.2, 0.25) is 11.8 Å². The first-order valence-electron chi connectivity index (χ1n) is 9.09. The lowest BCUT2D eigenvalue weighted by molar-refractivity contribution is -0.122. The van der Waals surface area contributed by atoms with Gasteiger partial charge in [0.1, 0.15) is 5.82 Å². The second kappa shape index (κ2) is 6.95. The topological polar surface area (TPSA) is 66.5 Å². The van der Waals surface area contributed by atoms with Crippen molar-refractivity contribution in [3.05, 3.63) is 59.9 Å². The molecule has 0 unspecified atom stereocenters. The number of nitrogens with zero attached hydrogens (tertiary/aromatic N) is 1. The van der Waals surface area contributed by atoms with Crippen LogP contribution in [0.2, 0.25) is 0 Å². The van der Waals surface area contributed by atoms with Gasteiger partial charge in [-0.3, -0.25) is 19.3 Å². The molecule has 0 aromatic heterocycles. The van der Waals surface area contributed by atoms with Crippen LogP contribution in [0.1, 0.15) is 36.0 Å². The number of hydrogen-bond donors (Lipinski definition) is 1. The van der Waals surface area contributed by atoms with Crippen LogP contribution in [0.3, 0.4) is 0 Å². The highest BCUT2D eigenvalue weighted by Gasteiger charge is 2.48. The Morgan fingerprint density at radius 3 is 2.22 bits per heavy atom. The second-order valence-corrected chi connectivity index (χ2v) is 7.02. The van der Waals surface area contributed by atoms with Gasteiger partial charge in [-0.2, -0.15) is 0 Å². The molecule has 1 saturated heterocycles. The van der Waals surface area contributed by atoms with E-state index in [1.807, 2.05) is 0 Å². The summed E-state index contributed by atoms with van der Waals surface area (Å²) in [6.07, 6.45) is 3.43. The Bertz CT molecular complexity index is 886. The molecule has 1 heterocycles. The minimum Gasteiger partial charge on any atom is -0.322 e. The van der Waals surface area contributed by atoms with Crippen LogP contribution in [-0.2, 0) is 9.59 Å². The average molecular weight is 366 g/mol. The summed E-state index contributed by atoms with van der Waals surface area (Å²) in [6, 6.07) is 11.9. The van der Waals surface area contributed by atoms with E-state index in [2.05, 4.69) is 5.32 Å². The molecule has 1 N–H and O–H groups in total. The molecule has 27 heavy (non-hydrogen) atoms. The summed E-state index contributed by atoms with van der Waals surface area (Å²) >= 11 is 0. The first kappa shape index (κ1) is 17.4. The molecular weight excluding hydrogens is 347 g/mol. The van der Waals surface area contributed by atoms with E-state index in [-0.39, 0.29) is 35.4 Å². The third-order valence-corrected chi connectivity index (χ3v) is 5.31. The van der Waals surface area contributed by atoms with Crippen LogP contribution in [0.25, 0.3) is 0 Å². The molecule has 1 saturated carbocycles. The van der Waals surface area contributed by atoms with E-state index in [1.54, 1.807) is 24.3 Å². The summed E-state index contributed by atoms with van der Waals surface area (Å²) < 4.78 is 13.0. The third kappa shape index (κ3) is 3.23. The van der Waals surface area contributed by atoms with Crippen LogP contribution in [0.4, 0.5) is 15.8 Å². The van der Waals surface area contributed by atoms with E-state index in [1.165, 1.54) is 29.2 Å². The van der Waals surface area contributed by atoms with E-state index in [9.17, 15) is 18.8 Å². The normalized spacial score (nSPS) is 21.9. The first-order chi connectivity index (χ1) is 13.0. The lowest BCUT2D eigenvalue weighted by atomic mass is 9.81. The number of imide groups is 1. The SMILES string of the molecule is O=C(Nc1ccc(F)cc1)c1cccc(N2C(=O)[C@H]3CCCC[C@H]3C2=O)c1. The first-order valence-corrected chi connectivity index (χ1v) is 9.09. The van der Waals surface area contributed by atoms with Crippen molar-refractivity contribution < 1.29 is 18.8 Å². The van der Waals surface area contributed by atoms with Crippen LogP contribution < -0.4 is 10.2 Å². The molecule has 2 atom stereocenters. The fourth-order valence-corrected chi connectivity index (χ4v) is 3.94. The van der Waals surface area contributed by atoms with Crippen molar-refractivity contribution in [2.75, 3.05) is 10.2 Å². The molecule has 4 rings (SSSR count). The Morgan fingerprint density at radius 2 is 1.59 bits per heavy atom. The number of carbonyl (C=O) groups excluding carboxylic acids is 3. The molecule has 2 aromatic carbocycles. The molecular formula is C21H19FN2O3. The Labute approximate surface area is 156 Å². The number of amides is 3. The highest BCUT2D eigenvalue weighted by atomic mass is 19.1. The summed E-state index contributed by atoms with van der Waals surface area (Å²) in [5.74, 6) is -1.57. The van der Waals surface area contributed by atoms with Gasteiger partial charge in [0.25, 0.3) is 5.91 Å². The molecule has 2 aliphatic rings. The number of anilines is 2. The largest absolute Gasteiger partial charge is 0.322 e. The number of fused-ring (bicyclic) bond motifs is 1. The summed E-state index contributed by atoms with van der Waals surface area (Å²) in [6.45, 7) is 0. The lowest BCUT2D eigenvalue weighted by Gasteiger charge is -2.19. The Hall–Kier alpha value is -3.02. The second-order valence-electron chi connectivity index (χ2n) is 7.02. The molecule has 3 amide bonds. The highest BCUT2D eigenvalue weighted by molar-refractivity contribution is 6.22. The number of nitrogens with one attached hydrogen (secondary N) is 1. The average Bonchev–Trinajstić information content (AvgIpc) is 2.95. The number of benzene rings is 2. The number of rotatable bonds is 3. The van der Waals surface area contributed by atoms with E-state index < -0.39 is 0 Å². The predicted molar refractivity (Wildman–Crippen MR) is 98.7 cm³/mol. The zero-order chi connectivity index (χ0) is 19.0. The molecule has 138 valence electrons. The van der Waals surface area contributed by atoms with Gasteiger partial charge in [0.05, 0.1) is 17.5 Å². The van der Waals surface area contributed by atoms with E-state index in [0.29, 0.717) is 16.9 Å². The van der Waals surface area contributed by atoms with Crippen molar-refractivity contribution in [1.29, 1.82) is 0 Å². The van der Waals surface area contributed by atoms with E-state index in [4.69, 9.17) is 0 Å². The van der Waals surface area contributed by atoms with E-state index in [0.717, 1.165) is 25.7 Å². The number of carbonyl (C=O) groups is 3. The fraction of sp³-hybridized carbons (Fsp3) is 0.286. The maximum Gasteiger partial charge on any atom is 0.255 e. The molecule has 0 radical (unpaired) electrons. The zero-order valence-corrected chi connectivity index (χ0v) is 14.7. The summed E-state index contributed by atoms with van der Waals surface area (Å²) in [5.41, 5.74) is 1.21. The van der Waals surface area contributed by atoms with Gasteiger partial charge < -0.3 is 5.32 Å². The van der Waals surface area contributed by atoms with Crippen molar-refractivity contribution >= 4 is 29.1 Å². The van der Waals surface area contributed by atoms with Gasteiger partial charge in [-0.05, 0) is 55.3 Å². The smallest absolute Gasteiger partial charge is 0.255 e. The molecule has 0 bridgehead atoms. The van der Waals surface area contributed by atoms with Crippen LogP contribution in [0.5, 0.6) is 0 Å². The summed E-state index contributed by atoms with van der Waals surface area (Å²) in [5, 5.41) is 2.68. The van der Waals surface area contributed by atoms with Crippen molar-refractivity contribution in [3.63, 3.8) is 0 Å². The molecule has 0 spiro atoms. The molecule has 6 heteroatoms. The number of halogens is 1. The van der Waals surface area contributed by atoms with Gasteiger partial charge in [0, 0.05) is 11.3 Å². The lowest BCUT2D eigenvalue weighted by Crippen LogP contribution is -2.31. The van der Waals surface area contributed by atoms with Crippen LogP contribution in [-0.4, -0.2) is 17.7 Å². The van der Waals surface area contributed by atoms with Crippen molar-refractivity contribution in [1.82, 2.24) is 0 Å². The predicted octanol–water partition coefficient (Wildman–Crippen LogP) is 3.76.